The van der Waals surface area contributed by atoms with Crippen LogP contribution in [0.15, 0.2) is 30.5 Å². The molecule has 1 aliphatic rings. The van der Waals surface area contributed by atoms with E-state index in [1.165, 1.54) is 0 Å². The number of hydrogen-bond acceptors (Lipinski definition) is 1. The third-order valence-electron chi connectivity index (χ3n) is 5.04. The lowest BCUT2D eigenvalue weighted by Gasteiger charge is -2.26. The highest BCUT2D eigenvalue weighted by molar-refractivity contribution is 6.05. The van der Waals surface area contributed by atoms with Gasteiger partial charge in [-0.3, -0.25) is 4.79 Å². The van der Waals surface area contributed by atoms with E-state index in [1.807, 2.05) is 35.4 Å². The molecule has 0 unspecified atom stereocenters. The van der Waals surface area contributed by atoms with Gasteiger partial charge in [0.15, 0.2) is 0 Å². The molecular weight excluding hydrogens is 248 g/mol. The maximum absolute atomic E-state index is 12.8. The van der Waals surface area contributed by atoms with Crippen LogP contribution in [0.4, 0.5) is 0 Å². The summed E-state index contributed by atoms with van der Waals surface area (Å²) >= 11 is 0. The second-order valence-corrected chi connectivity index (χ2v) is 5.93. The van der Waals surface area contributed by atoms with Crippen LogP contribution < -0.4 is 0 Å². The summed E-state index contributed by atoms with van der Waals surface area (Å²) in [6.45, 7) is 6.26. The highest BCUT2D eigenvalue weighted by Gasteiger charge is 2.37. The summed E-state index contributed by atoms with van der Waals surface area (Å²) in [6, 6.07) is 7.94. The molecule has 0 bridgehead atoms. The largest absolute Gasteiger partial charge is 0.361 e. The Balaban J connectivity index is 1.89. The average Bonchev–Trinajstić information content (AvgIpc) is 3.13. The van der Waals surface area contributed by atoms with Crippen LogP contribution in [0, 0.1) is 5.41 Å². The van der Waals surface area contributed by atoms with Crippen molar-refractivity contribution in [3.63, 3.8) is 0 Å². The Labute approximate surface area is 120 Å². The number of aromatic amines is 1. The predicted octanol–water partition coefficient (Wildman–Crippen LogP) is 3.82. The van der Waals surface area contributed by atoms with Crippen molar-refractivity contribution in [3.05, 3.63) is 36.0 Å². The topological polar surface area (TPSA) is 36.1 Å². The van der Waals surface area contributed by atoms with Crippen molar-refractivity contribution >= 4 is 16.8 Å². The minimum Gasteiger partial charge on any atom is -0.361 e. The van der Waals surface area contributed by atoms with Gasteiger partial charge in [-0.25, -0.2) is 0 Å². The molecule has 0 saturated carbocycles. The van der Waals surface area contributed by atoms with Gasteiger partial charge in [-0.15, -0.1) is 0 Å². The first-order chi connectivity index (χ1) is 9.69. The van der Waals surface area contributed by atoms with Crippen molar-refractivity contribution in [1.29, 1.82) is 0 Å². The van der Waals surface area contributed by atoms with Crippen LogP contribution >= 0.6 is 0 Å². The molecule has 1 aromatic heterocycles. The molecular formula is C17H22N2O. The second-order valence-electron chi connectivity index (χ2n) is 5.93. The molecule has 2 heterocycles. The number of benzene rings is 1. The van der Waals surface area contributed by atoms with E-state index >= 15 is 0 Å². The Morgan fingerprint density at radius 1 is 1.30 bits per heavy atom. The van der Waals surface area contributed by atoms with Gasteiger partial charge >= 0.3 is 0 Å². The first kappa shape index (κ1) is 13.2. The number of aromatic nitrogens is 1. The van der Waals surface area contributed by atoms with Gasteiger partial charge < -0.3 is 9.88 Å². The van der Waals surface area contributed by atoms with Gasteiger partial charge in [0.1, 0.15) is 0 Å². The number of nitrogens with zero attached hydrogens (tertiary/aromatic N) is 1. The van der Waals surface area contributed by atoms with Crippen LogP contribution in [0.3, 0.4) is 0 Å². The SMILES string of the molecule is CCC1(CC)CCN(C(=O)c2cccc3cc[nH]c23)C1. The Hall–Kier alpha value is -1.77. The van der Waals surface area contributed by atoms with Gasteiger partial charge in [0.2, 0.25) is 0 Å². The molecule has 3 nitrogen and oxygen atoms in total. The number of carbonyl (C=O) groups is 1. The van der Waals surface area contributed by atoms with E-state index in [0.717, 1.165) is 48.8 Å². The number of H-pyrrole nitrogens is 1. The molecule has 1 amide bonds. The first-order valence-electron chi connectivity index (χ1n) is 7.54. The van der Waals surface area contributed by atoms with Crippen molar-refractivity contribution in [2.75, 3.05) is 13.1 Å². The normalized spacial score (nSPS) is 17.8. The molecule has 20 heavy (non-hydrogen) atoms. The zero-order chi connectivity index (χ0) is 14.2. The summed E-state index contributed by atoms with van der Waals surface area (Å²) in [5.74, 6) is 0.168. The molecule has 1 saturated heterocycles. The van der Waals surface area contributed by atoms with Crippen molar-refractivity contribution in [1.82, 2.24) is 9.88 Å². The van der Waals surface area contributed by atoms with Crippen molar-refractivity contribution < 1.29 is 4.79 Å². The van der Waals surface area contributed by atoms with Gasteiger partial charge in [0, 0.05) is 24.7 Å². The average molecular weight is 270 g/mol. The number of fused-ring (bicyclic) bond motifs is 1. The molecule has 0 spiro atoms. The minimum absolute atomic E-state index is 0.168. The summed E-state index contributed by atoms with van der Waals surface area (Å²) in [5.41, 5.74) is 2.10. The number of likely N-dealkylation sites (tertiary alicyclic amines) is 1. The van der Waals surface area contributed by atoms with E-state index < -0.39 is 0 Å². The zero-order valence-electron chi connectivity index (χ0n) is 12.3. The fraction of sp³-hybridized carbons (Fsp3) is 0.471. The molecule has 2 aromatic rings. The Morgan fingerprint density at radius 3 is 2.80 bits per heavy atom. The van der Waals surface area contributed by atoms with Crippen LogP contribution in [0.1, 0.15) is 43.5 Å². The van der Waals surface area contributed by atoms with E-state index in [4.69, 9.17) is 0 Å². The molecule has 0 aliphatic carbocycles. The number of hydrogen-bond donors (Lipinski definition) is 1. The number of para-hydroxylation sites is 1. The number of rotatable bonds is 3. The van der Waals surface area contributed by atoms with Crippen LogP contribution in [0.5, 0.6) is 0 Å². The Morgan fingerprint density at radius 2 is 2.10 bits per heavy atom. The van der Waals surface area contributed by atoms with E-state index in [0.29, 0.717) is 5.41 Å². The number of carbonyl (C=O) groups excluding carboxylic acids is 1. The second kappa shape index (κ2) is 4.97. The van der Waals surface area contributed by atoms with Crippen LogP contribution in [0.25, 0.3) is 10.9 Å². The number of nitrogens with one attached hydrogen (secondary N) is 1. The fourth-order valence-corrected chi connectivity index (χ4v) is 3.37. The predicted molar refractivity (Wildman–Crippen MR) is 81.8 cm³/mol. The smallest absolute Gasteiger partial charge is 0.256 e. The quantitative estimate of drug-likeness (QED) is 0.904. The Bertz CT molecular complexity index is 625. The fourth-order valence-electron chi connectivity index (χ4n) is 3.37. The van der Waals surface area contributed by atoms with Gasteiger partial charge in [-0.1, -0.05) is 26.0 Å². The molecule has 1 aliphatic heterocycles. The monoisotopic (exact) mass is 270 g/mol. The summed E-state index contributed by atoms with van der Waals surface area (Å²) in [5, 5.41) is 1.10. The first-order valence-corrected chi connectivity index (χ1v) is 7.54. The summed E-state index contributed by atoms with van der Waals surface area (Å²) < 4.78 is 0. The third kappa shape index (κ3) is 2.01. The van der Waals surface area contributed by atoms with E-state index in [9.17, 15) is 4.79 Å². The van der Waals surface area contributed by atoms with Gasteiger partial charge in [0.25, 0.3) is 5.91 Å². The van der Waals surface area contributed by atoms with Gasteiger partial charge in [-0.2, -0.15) is 0 Å². The van der Waals surface area contributed by atoms with E-state index in [1.54, 1.807) is 0 Å². The lowest BCUT2D eigenvalue weighted by atomic mass is 9.82. The molecule has 1 fully saturated rings. The summed E-state index contributed by atoms with van der Waals surface area (Å²) in [4.78, 5) is 18.0. The Kier molecular flexibility index (Phi) is 3.28. The lowest BCUT2D eigenvalue weighted by Crippen LogP contribution is -2.31. The minimum atomic E-state index is 0.168. The van der Waals surface area contributed by atoms with E-state index in [-0.39, 0.29) is 5.91 Å². The molecule has 3 rings (SSSR count). The molecule has 3 heteroatoms. The zero-order valence-corrected chi connectivity index (χ0v) is 12.3. The van der Waals surface area contributed by atoms with Crippen LogP contribution in [-0.4, -0.2) is 28.9 Å². The highest BCUT2D eigenvalue weighted by atomic mass is 16.2. The van der Waals surface area contributed by atoms with E-state index in [2.05, 4.69) is 18.8 Å². The van der Waals surface area contributed by atoms with Crippen molar-refractivity contribution in [3.8, 4) is 0 Å². The molecule has 1 N–H and O–H groups in total. The number of amides is 1. The van der Waals surface area contributed by atoms with Gasteiger partial charge in [-0.05, 0) is 36.8 Å². The molecule has 1 aromatic carbocycles. The standard InChI is InChI=1S/C17H22N2O/c1-3-17(4-2)9-11-19(12-17)16(20)14-7-5-6-13-8-10-18-15(13)14/h5-8,10,18H,3-4,9,11-12H2,1-2H3. The summed E-state index contributed by atoms with van der Waals surface area (Å²) in [6.07, 6.45) is 5.33. The van der Waals surface area contributed by atoms with Crippen LogP contribution in [0.2, 0.25) is 0 Å². The van der Waals surface area contributed by atoms with Gasteiger partial charge in [0.05, 0.1) is 11.1 Å². The molecule has 106 valence electrons. The lowest BCUT2D eigenvalue weighted by molar-refractivity contribution is 0.0771. The molecule has 0 radical (unpaired) electrons. The maximum Gasteiger partial charge on any atom is 0.256 e. The highest BCUT2D eigenvalue weighted by Crippen LogP contribution is 2.37. The van der Waals surface area contributed by atoms with Crippen molar-refractivity contribution in [2.24, 2.45) is 5.41 Å². The maximum atomic E-state index is 12.8. The summed E-state index contributed by atoms with van der Waals surface area (Å²) in [7, 11) is 0. The van der Waals surface area contributed by atoms with Crippen molar-refractivity contribution in [2.45, 2.75) is 33.1 Å². The molecule has 0 atom stereocenters. The van der Waals surface area contributed by atoms with Crippen LogP contribution in [-0.2, 0) is 0 Å². The third-order valence-corrected chi connectivity index (χ3v) is 5.04.